The lowest BCUT2D eigenvalue weighted by Crippen LogP contribution is -2.11. The van der Waals surface area contributed by atoms with Crippen molar-refractivity contribution in [2.75, 3.05) is 15.1 Å². The van der Waals surface area contributed by atoms with Crippen LogP contribution < -0.4 is 9.80 Å². The molecule has 8 rings (SSSR count). The smallest absolute Gasteiger partial charge is 0.0540 e. The minimum absolute atomic E-state index is 1.09. The Morgan fingerprint density at radius 1 is 0.340 bits per heavy atom. The summed E-state index contributed by atoms with van der Waals surface area (Å²) in [6, 6.07) is 68.1. The molecule has 0 fully saturated rings. The number of hydrogen-bond acceptors (Lipinski definition) is 2. The second-order valence-electron chi connectivity index (χ2n) is 13.6. The van der Waals surface area contributed by atoms with Gasteiger partial charge in [0.25, 0.3) is 0 Å². The van der Waals surface area contributed by atoms with Crippen LogP contribution in [0.3, 0.4) is 0 Å². The molecule has 0 saturated carbocycles. The maximum absolute atomic E-state index is 3.58. The lowest BCUT2D eigenvalue weighted by atomic mass is 9.97. The van der Waals surface area contributed by atoms with Crippen molar-refractivity contribution in [2.24, 2.45) is 0 Å². The van der Waals surface area contributed by atoms with E-state index in [0.29, 0.717) is 0 Å². The van der Waals surface area contributed by atoms with Crippen LogP contribution in [-0.2, 0) is 6.42 Å². The zero-order valence-electron chi connectivity index (χ0n) is 29.9. The number of unbranched alkanes of at least 4 members (excludes halogenated alkanes) is 3. The van der Waals surface area contributed by atoms with E-state index in [1.807, 2.05) is 0 Å². The fourth-order valence-corrected chi connectivity index (χ4v) is 7.94. The molecule has 0 amide bonds. The highest BCUT2D eigenvalue weighted by molar-refractivity contribution is 9.09. The van der Waals surface area contributed by atoms with Gasteiger partial charge in [-0.1, -0.05) is 156 Å². The Balaban J connectivity index is 1.12. The van der Waals surface area contributed by atoms with Crippen molar-refractivity contribution < 1.29 is 0 Å². The molecule has 0 aliphatic heterocycles. The molecule has 0 unspecified atom stereocenters. The van der Waals surface area contributed by atoms with Gasteiger partial charge in [-0.3, -0.25) is 0 Å². The van der Waals surface area contributed by atoms with Gasteiger partial charge < -0.3 is 9.80 Å². The molecule has 260 valence electrons. The van der Waals surface area contributed by atoms with Crippen molar-refractivity contribution in [1.82, 2.24) is 0 Å². The highest BCUT2D eigenvalue weighted by atomic mass is 79.9. The van der Waals surface area contributed by atoms with Crippen LogP contribution >= 0.6 is 15.9 Å². The van der Waals surface area contributed by atoms with Crippen molar-refractivity contribution in [3.8, 4) is 11.1 Å². The summed E-state index contributed by atoms with van der Waals surface area (Å²) < 4.78 is 0. The number of hydrogen-bond donors (Lipinski definition) is 0. The molecule has 0 heterocycles. The quantitative estimate of drug-likeness (QED) is 0.0855. The second kappa shape index (κ2) is 16.4. The van der Waals surface area contributed by atoms with E-state index in [2.05, 4.69) is 214 Å². The minimum atomic E-state index is 1.09. The van der Waals surface area contributed by atoms with Gasteiger partial charge in [0.05, 0.1) is 11.4 Å². The monoisotopic (exact) mass is 750 g/mol. The van der Waals surface area contributed by atoms with Gasteiger partial charge >= 0.3 is 0 Å². The molecule has 53 heavy (non-hydrogen) atoms. The Morgan fingerprint density at radius 2 is 0.811 bits per heavy atom. The molecule has 8 aromatic carbocycles. The van der Waals surface area contributed by atoms with Crippen LogP contribution in [0.25, 0.3) is 32.7 Å². The zero-order valence-corrected chi connectivity index (χ0v) is 31.5. The van der Waals surface area contributed by atoms with E-state index >= 15 is 0 Å². The molecule has 0 aliphatic carbocycles. The van der Waals surface area contributed by atoms with Crippen molar-refractivity contribution >= 4 is 71.6 Å². The number of anilines is 6. The zero-order chi connectivity index (χ0) is 35.8. The van der Waals surface area contributed by atoms with Crippen LogP contribution in [0.15, 0.2) is 188 Å². The predicted octanol–water partition coefficient (Wildman–Crippen LogP) is 15.1. The Hall–Kier alpha value is -5.64. The van der Waals surface area contributed by atoms with Gasteiger partial charge in [0.2, 0.25) is 0 Å². The van der Waals surface area contributed by atoms with Crippen LogP contribution in [0.4, 0.5) is 34.1 Å². The molecule has 8 aromatic rings. The van der Waals surface area contributed by atoms with Gasteiger partial charge in [-0.15, -0.1) is 0 Å². The summed E-state index contributed by atoms with van der Waals surface area (Å²) in [5.74, 6) is 0. The van der Waals surface area contributed by atoms with E-state index in [1.54, 1.807) is 0 Å². The van der Waals surface area contributed by atoms with Gasteiger partial charge in [0.1, 0.15) is 0 Å². The molecule has 0 radical (unpaired) electrons. The number of fused-ring (bicyclic) bond motifs is 2. The largest absolute Gasteiger partial charge is 0.310 e. The fourth-order valence-electron chi connectivity index (χ4n) is 7.54. The summed E-state index contributed by atoms with van der Waals surface area (Å²) in [5.41, 5.74) is 10.7. The van der Waals surface area contributed by atoms with E-state index in [-0.39, 0.29) is 0 Å². The number of nitrogens with zero attached hydrogens (tertiary/aromatic N) is 2. The lowest BCUT2D eigenvalue weighted by Gasteiger charge is -2.28. The highest BCUT2D eigenvalue weighted by Gasteiger charge is 2.18. The molecule has 0 aliphatic rings. The Morgan fingerprint density at radius 3 is 1.42 bits per heavy atom. The maximum Gasteiger partial charge on any atom is 0.0540 e. The third kappa shape index (κ3) is 7.49. The molecule has 0 atom stereocenters. The summed E-state index contributed by atoms with van der Waals surface area (Å²) in [6.45, 7) is 0. The Bertz CT molecular complexity index is 2400. The molecule has 0 spiro atoms. The first-order valence-corrected chi connectivity index (χ1v) is 19.9. The van der Waals surface area contributed by atoms with Crippen LogP contribution in [-0.4, -0.2) is 5.33 Å². The second-order valence-corrected chi connectivity index (χ2v) is 14.4. The van der Waals surface area contributed by atoms with Crippen LogP contribution in [0.1, 0.15) is 31.2 Å². The minimum Gasteiger partial charge on any atom is -0.310 e. The molecule has 0 N–H and O–H groups in total. The standard InChI is InChI=1S/C50H43BrN2/c51-37-14-2-1-5-16-41-31-36-50(48-25-13-12-23-46(41)48)53(43-21-8-4-9-22-43)45-34-29-39(30-35-45)38-27-32-44(33-28-38)52(42-19-6-3-7-20-42)49-26-15-18-40-17-10-11-24-47(40)49/h3-4,6-13,15,17-36H,1-2,5,14,16,37H2. The summed E-state index contributed by atoms with van der Waals surface area (Å²) >= 11 is 3.58. The topological polar surface area (TPSA) is 6.48 Å². The van der Waals surface area contributed by atoms with E-state index in [0.717, 1.165) is 34.5 Å². The van der Waals surface area contributed by atoms with Gasteiger partial charge in [-0.25, -0.2) is 0 Å². The first kappa shape index (κ1) is 34.4. The SMILES string of the molecule is BrCCCCCCc1ccc(N(c2ccccc2)c2ccc(-c3ccc(N(c4ccccc4)c4cccc5ccccc45)cc3)cc2)c2ccccc12. The van der Waals surface area contributed by atoms with Crippen molar-refractivity contribution in [1.29, 1.82) is 0 Å². The fraction of sp³-hybridized carbons (Fsp3) is 0.120. The average Bonchev–Trinajstić information content (AvgIpc) is 3.23. The van der Waals surface area contributed by atoms with Crippen molar-refractivity contribution in [3.63, 3.8) is 0 Å². The van der Waals surface area contributed by atoms with Crippen LogP contribution in [0.2, 0.25) is 0 Å². The molecule has 0 saturated heterocycles. The van der Waals surface area contributed by atoms with E-state index in [1.165, 1.54) is 75.3 Å². The first-order valence-electron chi connectivity index (χ1n) is 18.7. The van der Waals surface area contributed by atoms with E-state index in [4.69, 9.17) is 0 Å². The number of rotatable bonds is 13. The summed E-state index contributed by atoms with van der Waals surface area (Å²) in [5, 5.41) is 6.17. The maximum atomic E-state index is 3.58. The molecule has 0 aromatic heterocycles. The summed E-state index contributed by atoms with van der Waals surface area (Å²) in [4.78, 5) is 4.75. The third-order valence-electron chi connectivity index (χ3n) is 10.2. The Labute approximate surface area is 322 Å². The molecule has 3 heteroatoms. The van der Waals surface area contributed by atoms with Gasteiger partial charge in [-0.2, -0.15) is 0 Å². The predicted molar refractivity (Wildman–Crippen MR) is 232 cm³/mol. The molecular weight excluding hydrogens is 708 g/mol. The van der Waals surface area contributed by atoms with Crippen molar-refractivity contribution in [3.05, 3.63) is 194 Å². The molecular formula is C50H43BrN2. The lowest BCUT2D eigenvalue weighted by molar-refractivity contribution is 0.673. The van der Waals surface area contributed by atoms with E-state index < -0.39 is 0 Å². The molecule has 2 nitrogen and oxygen atoms in total. The van der Waals surface area contributed by atoms with E-state index in [9.17, 15) is 0 Å². The van der Waals surface area contributed by atoms with Gasteiger partial charge in [0.15, 0.2) is 0 Å². The third-order valence-corrected chi connectivity index (χ3v) is 10.7. The average molecular weight is 752 g/mol. The van der Waals surface area contributed by atoms with Crippen LogP contribution in [0, 0.1) is 0 Å². The summed E-state index contributed by atoms with van der Waals surface area (Å²) in [7, 11) is 0. The van der Waals surface area contributed by atoms with Crippen LogP contribution in [0.5, 0.6) is 0 Å². The number of halogens is 1. The number of alkyl halides is 1. The van der Waals surface area contributed by atoms with Gasteiger partial charge in [0, 0.05) is 38.9 Å². The first-order chi connectivity index (χ1) is 26.3. The van der Waals surface area contributed by atoms with Crippen molar-refractivity contribution in [2.45, 2.75) is 32.1 Å². The molecule has 0 bridgehead atoms. The number of aryl methyl sites for hydroxylation is 1. The Kier molecular flexibility index (Phi) is 10.6. The number of para-hydroxylation sites is 2. The summed E-state index contributed by atoms with van der Waals surface area (Å²) in [6.07, 6.45) is 6.11. The normalized spacial score (nSPS) is 11.2. The van der Waals surface area contributed by atoms with Gasteiger partial charge in [-0.05, 0) is 107 Å². The highest BCUT2D eigenvalue weighted by Crippen LogP contribution is 2.42. The number of benzene rings is 8.